The molecular formula is C23H21NO6. The summed E-state index contributed by atoms with van der Waals surface area (Å²) < 4.78 is 9.95. The Morgan fingerprint density at radius 3 is 2.03 bits per heavy atom. The molecule has 0 saturated heterocycles. The molecule has 0 N–H and O–H groups in total. The smallest absolute Gasteiger partial charge is 0.338 e. The largest absolute Gasteiger partial charge is 0.465 e. The number of imide groups is 1. The molecule has 0 unspecified atom stereocenters. The van der Waals surface area contributed by atoms with Crippen LogP contribution in [0.3, 0.4) is 0 Å². The lowest BCUT2D eigenvalue weighted by Crippen LogP contribution is -2.31. The van der Waals surface area contributed by atoms with Crippen LogP contribution in [0.5, 0.6) is 0 Å². The van der Waals surface area contributed by atoms with Crippen molar-refractivity contribution < 1.29 is 28.7 Å². The average molecular weight is 407 g/mol. The van der Waals surface area contributed by atoms with Gasteiger partial charge in [0.2, 0.25) is 0 Å². The Morgan fingerprint density at radius 1 is 0.900 bits per heavy atom. The highest BCUT2D eigenvalue weighted by molar-refractivity contribution is 6.21. The third-order valence-corrected chi connectivity index (χ3v) is 5.74. The van der Waals surface area contributed by atoms with Crippen LogP contribution in [0, 0.1) is 0 Å². The molecule has 2 aromatic carbocycles. The van der Waals surface area contributed by atoms with Crippen molar-refractivity contribution in [3.05, 3.63) is 69.3 Å². The third kappa shape index (κ3) is 3.07. The summed E-state index contributed by atoms with van der Waals surface area (Å²) in [4.78, 5) is 51.9. The number of carbonyl (C=O) groups is 4. The number of nitrogens with zero attached hydrogens (tertiary/aromatic N) is 1. The van der Waals surface area contributed by atoms with Crippen molar-refractivity contribution in [2.45, 2.75) is 32.2 Å². The number of benzene rings is 2. The SMILES string of the molecule is COC(=O)c1cc(CN2C(=O)c3ccccc3C2=O)c(C(=O)OC)c2c1CCCC2. The molecule has 0 aromatic heterocycles. The van der Waals surface area contributed by atoms with E-state index in [9.17, 15) is 19.2 Å². The molecule has 1 aliphatic heterocycles. The Bertz CT molecular complexity index is 1050. The van der Waals surface area contributed by atoms with Gasteiger partial charge in [-0.1, -0.05) is 12.1 Å². The van der Waals surface area contributed by atoms with E-state index < -0.39 is 23.8 Å². The zero-order chi connectivity index (χ0) is 21.4. The van der Waals surface area contributed by atoms with Crippen molar-refractivity contribution in [2.24, 2.45) is 0 Å². The first kappa shape index (κ1) is 19.8. The van der Waals surface area contributed by atoms with Crippen LogP contribution in [0.4, 0.5) is 0 Å². The van der Waals surface area contributed by atoms with Crippen molar-refractivity contribution in [3.63, 3.8) is 0 Å². The summed E-state index contributed by atoms with van der Waals surface area (Å²) in [5.41, 5.74) is 3.27. The molecule has 4 rings (SSSR count). The number of fused-ring (bicyclic) bond motifs is 2. The monoisotopic (exact) mass is 407 g/mol. The quantitative estimate of drug-likeness (QED) is 0.572. The predicted octanol–water partition coefficient (Wildman–Crippen LogP) is 2.93. The van der Waals surface area contributed by atoms with Gasteiger partial charge in [0.25, 0.3) is 11.8 Å². The minimum atomic E-state index is -0.545. The van der Waals surface area contributed by atoms with Crippen molar-refractivity contribution in [1.29, 1.82) is 0 Å². The van der Waals surface area contributed by atoms with Crippen molar-refractivity contribution in [2.75, 3.05) is 14.2 Å². The van der Waals surface area contributed by atoms with Gasteiger partial charge in [0.05, 0.1) is 43.0 Å². The summed E-state index contributed by atoms with van der Waals surface area (Å²) in [5.74, 6) is -1.91. The maximum atomic E-state index is 12.8. The van der Waals surface area contributed by atoms with Gasteiger partial charge in [0.1, 0.15) is 0 Å². The molecule has 7 nitrogen and oxygen atoms in total. The first-order valence-electron chi connectivity index (χ1n) is 9.77. The molecule has 1 heterocycles. The Labute approximate surface area is 173 Å². The van der Waals surface area contributed by atoms with Gasteiger partial charge < -0.3 is 9.47 Å². The molecule has 2 aromatic rings. The number of amides is 2. The Hall–Kier alpha value is -3.48. The molecule has 2 aliphatic rings. The lowest BCUT2D eigenvalue weighted by atomic mass is 9.82. The van der Waals surface area contributed by atoms with Gasteiger partial charge >= 0.3 is 11.9 Å². The number of esters is 2. The molecule has 0 radical (unpaired) electrons. The van der Waals surface area contributed by atoms with E-state index in [0.29, 0.717) is 40.7 Å². The van der Waals surface area contributed by atoms with Gasteiger partial charge in [0, 0.05) is 0 Å². The van der Waals surface area contributed by atoms with Crippen LogP contribution in [-0.4, -0.2) is 42.9 Å². The van der Waals surface area contributed by atoms with Crippen LogP contribution in [0.25, 0.3) is 0 Å². The number of hydrogen-bond donors (Lipinski definition) is 0. The highest BCUT2D eigenvalue weighted by Gasteiger charge is 2.37. The van der Waals surface area contributed by atoms with Gasteiger partial charge in [-0.3, -0.25) is 14.5 Å². The standard InChI is InChI=1S/C23H21NO6/c1-29-22(27)18-11-13(19(23(28)30-2)15-8-4-3-7-14(15)18)12-24-20(25)16-9-5-6-10-17(16)21(24)26/h5-6,9-11H,3-4,7-8,12H2,1-2H3. The van der Waals surface area contributed by atoms with E-state index >= 15 is 0 Å². The van der Waals surface area contributed by atoms with Crippen molar-refractivity contribution in [3.8, 4) is 0 Å². The van der Waals surface area contributed by atoms with E-state index in [-0.39, 0.29) is 6.54 Å². The van der Waals surface area contributed by atoms with Gasteiger partial charge in [-0.2, -0.15) is 0 Å². The van der Waals surface area contributed by atoms with E-state index in [1.165, 1.54) is 14.2 Å². The summed E-state index contributed by atoms with van der Waals surface area (Å²) in [7, 11) is 2.59. The molecule has 2 amide bonds. The molecule has 0 atom stereocenters. The average Bonchev–Trinajstić information content (AvgIpc) is 3.02. The third-order valence-electron chi connectivity index (χ3n) is 5.74. The molecule has 154 valence electrons. The van der Waals surface area contributed by atoms with E-state index in [1.54, 1.807) is 30.3 Å². The minimum absolute atomic E-state index is 0.131. The Balaban J connectivity index is 1.85. The Morgan fingerprint density at radius 2 is 1.47 bits per heavy atom. The summed E-state index contributed by atoms with van der Waals surface area (Å²) in [6, 6.07) is 8.15. The summed E-state index contributed by atoms with van der Waals surface area (Å²) >= 11 is 0. The van der Waals surface area contributed by atoms with E-state index in [4.69, 9.17) is 9.47 Å². The topological polar surface area (TPSA) is 90.0 Å². The van der Waals surface area contributed by atoms with E-state index in [0.717, 1.165) is 28.9 Å². The van der Waals surface area contributed by atoms with Crippen molar-refractivity contribution in [1.82, 2.24) is 4.90 Å². The molecular weight excluding hydrogens is 386 g/mol. The highest BCUT2D eigenvalue weighted by atomic mass is 16.5. The first-order valence-corrected chi connectivity index (χ1v) is 9.77. The number of carbonyl (C=O) groups excluding carboxylic acids is 4. The molecule has 1 aliphatic carbocycles. The molecule has 0 spiro atoms. The number of ether oxygens (including phenoxy) is 2. The maximum Gasteiger partial charge on any atom is 0.338 e. The summed E-state index contributed by atoms with van der Waals surface area (Å²) in [6.45, 7) is -0.131. The second-order valence-electron chi connectivity index (χ2n) is 7.35. The van der Waals surface area contributed by atoms with Crippen LogP contribution < -0.4 is 0 Å². The van der Waals surface area contributed by atoms with Crippen LogP contribution >= 0.6 is 0 Å². The van der Waals surface area contributed by atoms with Crippen LogP contribution in [-0.2, 0) is 28.9 Å². The normalized spacial score (nSPS) is 14.9. The number of methoxy groups -OCH3 is 2. The first-order chi connectivity index (χ1) is 14.5. The molecule has 0 fully saturated rings. The van der Waals surface area contributed by atoms with E-state index in [1.807, 2.05) is 0 Å². The lowest BCUT2D eigenvalue weighted by Gasteiger charge is -2.25. The summed E-state index contributed by atoms with van der Waals surface area (Å²) in [6.07, 6.45) is 3.03. The minimum Gasteiger partial charge on any atom is -0.465 e. The predicted molar refractivity (Wildman–Crippen MR) is 106 cm³/mol. The molecule has 0 saturated carbocycles. The zero-order valence-corrected chi connectivity index (χ0v) is 16.8. The Kier molecular flexibility index (Phi) is 5.11. The second kappa shape index (κ2) is 7.74. The zero-order valence-electron chi connectivity index (χ0n) is 16.8. The lowest BCUT2D eigenvalue weighted by molar-refractivity contribution is 0.0575. The summed E-state index contributed by atoms with van der Waals surface area (Å²) in [5, 5.41) is 0. The molecule has 0 bridgehead atoms. The number of rotatable bonds is 4. The molecule has 7 heteroatoms. The van der Waals surface area contributed by atoms with Crippen LogP contribution in [0.2, 0.25) is 0 Å². The van der Waals surface area contributed by atoms with Crippen molar-refractivity contribution >= 4 is 23.8 Å². The van der Waals surface area contributed by atoms with Gasteiger partial charge in [-0.15, -0.1) is 0 Å². The fourth-order valence-corrected chi connectivity index (χ4v) is 4.33. The fourth-order valence-electron chi connectivity index (χ4n) is 4.33. The maximum absolute atomic E-state index is 12.8. The van der Waals surface area contributed by atoms with Gasteiger partial charge in [-0.05, 0) is 60.6 Å². The fraction of sp³-hybridized carbons (Fsp3) is 0.304. The van der Waals surface area contributed by atoms with Crippen LogP contribution in [0.15, 0.2) is 30.3 Å². The highest BCUT2D eigenvalue weighted by Crippen LogP contribution is 2.33. The number of hydrogen-bond acceptors (Lipinski definition) is 6. The second-order valence-corrected chi connectivity index (χ2v) is 7.35. The van der Waals surface area contributed by atoms with E-state index in [2.05, 4.69) is 0 Å². The van der Waals surface area contributed by atoms with Gasteiger partial charge in [-0.25, -0.2) is 9.59 Å². The van der Waals surface area contributed by atoms with Gasteiger partial charge in [0.15, 0.2) is 0 Å². The molecule has 30 heavy (non-hydrogen) atoms. The van der Waals surface area contributed by atoms with Crippen LogP contribution in [0.1, 0.15) is 71.0 Å².